The quantitative estimate of drug-likeness (QED) is 0.923. The van der Waals surface area contributed by atoms with Gasteiger partial charge in [-0.2, -0.15) is 5.26 Å². The Morgan fingerprint density at radius 2 is 1.95 bits per heavy atom. The molecule has 0 saturated carbocycles. The standard InChI is InChI=1S/C16H13BrN2O/c1-11-10-13(17)4-7-15(11)16(20)19-14-5-2-12(3-6-14)8-9-18/h2-7,10H,8H2,1H3,(H,19,20). The van der Waals surface area contributed by atoms with Crippen LogP contribution >= 0.6 is 15.9 Å². The second-order valence-electron chi connectivity index (χ2n) is 4.45. The lowest BCUT2D eigenvalue weighted by Gasteiger charge is -2.08. The van der Waals surface area contributed by atoms with E-state index in [4.69, 9.17) is 5.26 Å². The molecule has 0 spiro atoms. The third-order valence-corrected chi connectivity index (χ3v) is 3.42. The van der Waals surface area contributed by atoms with Gasteiger partial charge in [0.2, 0.25) is 0 Å². The van der Waals surface area contributed by atoms with Crippen LogP contribution in [0.2, 0.25) is 0 Å². The van der Waals surface area contributed by atoms with Gasteiger partial charge in [0.05, 0.1) is 12.5 Å². The van der Waals surface area contributed by atoms with E-state index in [1.54, 1.807) is 18.2 Å². The molecule has 3 nitrogen and oxygen atoms in total. The van der Waals surface area contributed by atoms with Crippen molar-refractivity contribution < 1.29 is 4.79 Å². The van der Waals surface area contributed by atoms with Crippen molar-refractivity contribution in [2.24, 2.45) is 0 Å². The first-order valence-corrected chi connectivity index (χ1v) is 6.93. The summed E-state index contributed by atoms with van der Waals surface area (Å²) in [6.45, 7) is 1.90. The highest BCUT2D eigenvalue weighted by atomic mass is 79.9. The number of amides is 1. The number of benzene rings is 2. The highest BCUT2D eigenvalue weighted by molar-refractivity contribution is 9.10. The molecular formula is C16H13BrN2O. The molecule has 100 valence electrons. The normalized spacial score (nSPS) is 9.85. The summed E-state index contributed by atoms with van der Waals surface area (Å²) >= 11 is 3.38. The summed E-state index contributed by atoms with van der Waals surface area (Å²) in [6.07, 6.45) is 0.375. The second-order valence-corrected chi connectivity index (χ2v) is 5.36. The summed E-state index contributed by atoms with van der Waals surface area (Å²) in [5.41, 5.74) is 3.22. The number of carbonyl (C=O) groups is 1. The maximum absolute atomic E-state index is 12.2. The van der Waals surface area contributed by atoms with E-state index in [2.05, 4.69) is 27.3 Å². The predicted molar refractivity (Wildman–Crippen MR) is 82.6 cm³/mol. The van der Waals surface area contributed by atoms with Gasteiger partial charge in [0.1, 0.15) is 0 Å². The number of halogens is 1. The van der Waals surface area contributed by atoms with Gasteiger partial charge < -0.3 is 5.32 Å². The lowest BCUT2D eigenvalue weighted by atomic mass is 10.1. The van der Waals surface area contributed by atoms with Crippen LogP contribution in [-0.4, -0.2) is 5.91 Å². The minimum Gasteiger partial charge on any atom is -0.322 e. The Morgan fingerprint density at radius 3 is 2.55 bits per heavy atom. The van der Waals surface area contributed by atoms with Gasteiger partial charge in [-0.15, -0.1) is 0 Å². The molecule has 0 aliphatic rings. The molecule has 0 heterocycles. The Balaban J connectivity index is 2.13. The van der Waals surface area contributed by atoms with Gasteiger partial charge >= 0.3 is 0 Å². The summed E-state index contributed by atoms with van der Waals surface area (Å²) in [4.78, 5) is 12.2. The van der Waals surface area contributed by atoms with E-state index in [9.17, 15) is 4.79 Å². The Kier molecular flexibility index (Phi) is 4.54. The lowest BCUT2D eigenvalue weighted by Crippen LogP contribution is -2.13. The molecule has 0 bridgehead atoms. The first-order chi connectivity index (χ1) is 9.60. The van der Waals surface area contributed by atoms with E-state index in [1.807, 2.05) is 31.2 Å². The van der Waals surface area contributed by atoms with E-state index in [-0.39, 0.29) is 5.91 Å². The van der Waals surface area contributed by atoms with Crippen molar-refractivity contribution in [2.75, 3.05) is 5.32 Å². The number of hydrogen-bond acceptors (Lipinski definition) is 2. The molecule has 0 fully saturated rings. The molecule has 0 unspecified atom stereocenters. The Morgan fingerprint density at radius 1 is 1.25 bits per heavy atom. The van der Waals surface area contributed by atoms with Gasteiger partial charge in [0, 0.05) is 15.7 Å². The highest BCUT2D eigenvalue weighted by Gasteiger charge is 2.09. The number of aryl methyl sites for hydroxylation is 1. The van der Waals surface area contributed by atoms with Crippen molar-refractivity contribution >= 4 is 27.5 Å². The van der Waals surface area contributed by atoms with Gasteiger partial charge in [0.15, 0.2) is 0 Å². The molecule has 2 aromatic carbocycles. The van der Waals surface area contributed by atoms with Crippen molar-refractivity contribution in [2.45, 2.75) is 13.3 Å². The van der Waals surface area contributed by atoms with Crippen molar-refractivity contribution in [3.05, 3.63) is 63.6 Å². The first kappa shape index (κ1) is 14.3. The van der Waals surface area contributed by atoms with Gasteiger partial charge in [-0.25, -0.2) is 0 Å². The molecule has 20 heavy (non-hydrogen) atoms. The zero-order valence-corrected chi connectivity index (χ0v) is 12.6. The molecule has 4 heteroatoms. The predicted octanol–water partition coefficient (Wildman–Crippen LogP) is 4.08. The molecule has 0 radical (unpaired) electrons. The van der Waals surface area contributed by atoms with Crippen molar-refractivity contribution in [3.8, 4) is 6.07 Å². The van der Waals surface area contributed by atoms with Crippen molar-refractivity contribution in [1.29, 1.82) is 5.26 Å². The number of nitriles is 1. The number of nitrogens with one attached hydrogen (secondary N) is 1. The van der Waals surface area contributed by atoms with Crippen LogP contribution in [0.1, 0.15) is 21.5 Å². The van der Waals surface area contributed by atoms with Gasteiger partial charge in [-0.3, -0.25) is 4.79 Å². The highest BCUT2D eigenvalue weighted by Crippen LogP contribution is 2.18. The van der Waals surface area contributed by atoms with E-state index >= 15 is 0 Å². The summed E-state index contributed by atoms with van der Waals surface area (Å²) in [6, 6.07) is 14.9. The summed E-state index contributed by atoms with van der Waals surface area (Å²) in [5, 5.41) is 11.5. The van der Waals surface area contributed by atoms with E-state index in [0.29, 0.717) is 12.0 Å². The molecule has 1 N–H and O–H groups in total. The van der Waals surface area contributed by atoms with Gasteiger partial charge in [-0.1, -0.05) is 28.1 Å². The third kappa shape index (κ3) is 3.46. The summed E-state index contributed by atoms with van der Waals surface area (Å²) in [5.74, 6) is -0.136. The van der Waals surface area contributed by atoms with Crippen molar-refractivity contribution in [3.63, 3.8) is 0 Å². The van der Waals surface area contributed by atoms with Crippen LogP contribution in [0.3, 0.4) is 0 Å². The fraction of sp³-hybridized carbons (Fsp3) is 0.125. The van der Waals surface area contributed by atoms with E-state index in [1.165, 1.54) is 0 Å². The van der Waals surface area contributed by atoms with E-state index < -0.39 is 0 Å². The maximum Gasteiger partial charge on any atom is 0.255 e. The Hall–Kier alpha value is -2.12. The monoisotopic (exact) mass is 328 g/mol. The lowest BCUT2D eigenvalue weighted by molar-refractivity contribution is 0.102. The van der Waals surface area contributed by atoms with Gasteiger partial charge in [0.25, 0.3) is 5.91 Å². The Bertz CT molecular complexity index is 672. The fourth-order valence-corrected chi connectivity index (χ4v) is 2.35. The van der Waals surface area contributed by atoms with E-state index in [0.717, 1.165) is 21.3 Å². The largest absolute Gasteiger partial charge is 0.322 e. The fourth-order valence-electron chi connectivity index (χ4n) is 1.88. The van der Waals surface area contributed by atoms with Crippen LogP contribution in [-0.2, 0) is 6.42 Å². The van der Waals surface area contributed by atoms with Crippen molar-refractivity contribution in [1.82, 2.24) is 0 Å². The zero-order valence-electron chi connectivity index (χ0n) is 11.0. The Labute approximate surface area is 126 Å². The minimum absolute atomic E-state index is 0.136. The third-order valence-electron chi connectivity index (χ3n) is 2.93. The SMILES string of the molecule is Cc1cc(Br)ccc1C(=O)Nc1ccc(CC#N)cc1. The van der Waals surface area contributed by atoms with Crippen LogP contribution in [0, 0.1) is 18.3 Å². The number of carbonyl (C=O) groups excluding carboxylic acids is 1. The minimum atomic E-state index is -0.136. The molecule has 2 rings (SSSR count). The second kappa shape index (κ2) is 6.36. The van der Waals surface area contributed by atoms with Crippen LogP contribution in [0.4, 0.5) is 5.69 Å². The number of rotatable bonds is 3. The smallest absolute Gasteiger partial charge is 0.255 e. The van der Waals surface area contributed by atoms with Crippen LogP contribution in [0.5, 0.6) is 0 Å². The topological polar surface area (TPSA) is 52.9 Å². The molecule has 0 saturated heterocycles. The molecule has 2 aromatic rings. The van der Waals surface area contributed by atoms with Gasteiger partial charge in [-0.05, 0) is 48.4 Å². The zero-order chi connectivity index (χ0) is 14.5. The first-order valence-electron chi connectivity index (χ1n) is 6.13. The number of anilines is 1. The summed E-state index contributed by atoms with van der Waals surface area (Å²) < 4.78 is 0.951. The summed E-state index contributed by atoms with van der Waals surface area (Å²) in [7, 11) is 0. The van der Waals surface area contributed by atoms with Crippen LogP contribution in [0.15, 0.2) is 46.9 Å². The average molecular weight is 329 g/mol. The maximum atomic E-state index is 12.2. The molecule has 1 amide bonds. The number of nitrogens with zero attached hydrogens (tertiary/aromatic N) is 1. The van der Waals surface area contributed by atoms with Crippen LogP contribution < -0.4 is 5.32 Å². The molecule has 0 atom stereocenters. The van der Waals surface area contributed by atoms with Crippen LogP contribution in [0.25, 0.3) is 0 Å². The number of hydrogen-bond donors (Lipinski definition) is 1. The molecule has 0 aliphatic carbocycles. The molecular weight excluding hydrogens is 316 g/mol. The average Bonchev–Trinajstić information content (AvgIpc) is 2.41. The molecule has 0 aliphatic heterocycles. The molecule has 0 aromatic heterocycles.